The first-order valence-electron chi connectivity index (χ1n) is 11.8. The van der Waals surface area contributed by atoms with Crippen molar-refractivity contribution in [2.45, 2.75) is 43.8 Å². The zero-order chi connectivity index (χ0) is 24.5. The minimum Gasteiger partial charge on any atom is -0.459 e. The second-order valence-corrected chi connectivity index (χ2v) is 9.10. The summed E-state index contributed by atoms with van der Waals surface area (Å²) in [5.41, 5.74) is 2.50. The van der Waals surface area contributed by atoms with Crippen LogP contribution in [-0.4, -0.2) is 18.7 Å². The van der Waals surface area contributed by atoms with Crippen LogP contribution in [0.1, 0.15) is 64.8 Å². The van der Waals surface area contributed by atoms with Crippen LogP contribution in [0.3, 0.4) is 0 Å². The highest BCUT2D eigenvalue weighted by Crippen LogP contribution is 2.38. The molecular weight excluding hydrogens is 453 g/mol. The van der Waals surface area contributed by atoms with Gasteiger partial charge in [0.25, 0.3) is 0 Å². The molecule has 6 heteroatoms. The fraction of sp³-hybridized carbons (Fsp3) is 0.276. The van der Waals surface area contributed by atoms with Gasteiger partial charge in [0.1, 0.15) is 18.0 Å². The van der Waals surface area contributed by atoms with Crippen LogP contribution in [0.5, 0.6) is 0 Å². The van der Waals surface area contributed by atoms with Crippen molar-refractivity contribution in [2.24, 2.45) is 0 Å². The summed E-state index contributed by atoms with van der Waals surface area (Å²) in [6.07, 6.45) is 3.59. The smallest absolute Gasteiger partial charge is 0.341 e. The van der Waals surface area contributed by atoms with Gasteiger partial charge in [-0.3, -0.25) is 0 Å². The lowest BCUT2D eigenvalue weighted by Gasteiger charge is -2.29. The maximum Gasteiger partial charge on any atom is 0.341 e. The molecule has 1 atom stereocenters. The zero-order valence-corrected chi connectivity index (χ0v) is 19.1. The summed E-state index contributed by atoms with van der Waals surface area (Å²) in [5.74, 6) is -3.42. The molecule has 3 aromatic rings. The maximum absolute atomic E-state index is 14.8. The van der Waals surface area contributed by atoms with E-state index in [4.69, 9.17) is 9.47 Å². The summed E-state index contributed by atoms with van der Waals surface area (Å²) in [6.45, 7) is 4.30. The van der Waals surface area contributed by atoms with Crippen molar-refractivity contribution in [3.63, 3.8) is 0 Å². The van der Waals surface area contributed by atoms with Crippen LogP contribution in [-0.2, 0) is 9.47 Å². The molecule has 1 unspecified atom stereocenters. The van der Waals surface area contributed by atoms with Gasteiger partial charge in [-0.05, 0) is 66.0 Å². The number of benzene rings is 3. The van der Waals surface area contributed by atoms with Crippen LogP contribution in [0, 0.1) is 17.5 Å². The molecule has 0 aromatic heterocycles. The highest BCUT2D eigenvalue weighted by atomic mass is 19.2. The van der Waals surface area contributed by atoms with Gasteiger partial charge in [0.15, 0.2) is 11.6 Å². The predicted octanol–water partition coefficient (Wildman–Crippen LogP) is 7.37. The Balaban J connectivity index is 1.22. The molecule has 2 aliphatic rings. The Hall–Kier alpha value is -3.38. The molecule has 2 fully saturated rings. The SMILES string of the molecule is C=Cc1ccc(-c2ccc(C(=O)OC3CCC(c4ccc(C5CO5)cc4F)CC3)c(F)c2F)cc1. The van der Waals surface area contributed by atoms with E-state index >= 15 is 0 Å². The van der Waals surface area contributed by atoms with Gasteiger partial charge in [-0.15, -0.1) is 0 Å². The summed E-state index contributed by atoms with van der Waals surface area (Å²) in [6, 6.07) is 14.7. The van der Waals surface area contributed by atoms with Crippen molar-refractivity contribution >= 4 is 12.0 Å². The van der Waals surface area contributed by atoms with E-state index in [1.807, 2.05) is 12.1 Å². The van der Waals surface area contributed by atoms with Crippen LogP contribution in [0.2, 0.25) is 0 Å². The number of hydrogen-bond donors (Lipinski definition) is 0. The third kappa shape index (κ3) is 4.89. The number of hydrogen-bond acceptors (Lipinski definition) is 3. The summed E-state index contributed by atoms with van der Waals surface area (Å²) in [7, 11) is 0. The largest absolute Gasteiger partial charge is 0.459 e. The first kappa shape index (κ1) is 23.4. The van der Waals surface area contributed by atoms with Crippen LogP contribution < -0.4 is 0 Å². The van der Waals surface area contributed by atoms with E-state index in [2.05, 4.69) is 6.58 Å². The summed E-state index contributed by atoms with van der Waals surface area (Å²) in [5, 5.41) is 0. The Bertz CT molecular complexity index is 1260. The Morgan fingerprint density at radius 3 is 2.29 bits per heavy atom. The van der Waals surface area contributed by atoms with Gasteiger partial charge in [0.2, 0.25) is 0 Å². The van der Waals surface area contributed by atoms with Crippen molar-refractivity contribution in [1.29, 1.82) is 0 Å². The topological polar surface area (TPSA) is 38.8 Å². The molecule has 1 aliphatic heterocycles. The van der Waals surface area contributed by atoms with Gasteiger partial charge in [0, 0.05) is 5.56 Å². The Labute approximate surface area is 202 Å². The van der Waals surface area contributed by atoms with E-state index in [9.17, 15) is 18.0 Å². The van der Waals surface area contributed by atoms with E-state index in [0.29, 0.717) is 43.4 Å². The third-order valence-electron chi connectivity index (χ3n) is 6.88. The monoisotopic (exact) mass is 478 g/mol. The van der Waals surface area contributed by atoms with Gasteiger partial charge in [-0.25, -0.2) is 18.0 Å². The van der Waals surface area contributed by atoms with Crippen LogP contribution in [0.4, 0.5) is 13.2 Å². The third-order valence-corrected chi connectivity index (χ3v) is 6.88. The standard InChI is InChI=1S/C29H25F3O3/c1-2-17-3-5-19(6-4-17)23-13-14-24(28(32)27(23)31)29(33)35-21-10-7-18(8-11-21)22-12-9-20(15-25(22)30)26-16-34-26/h2-6,9,12-15,18,21,26H,1,7-8,10-11,16H2. The second kappa shape index (κ2) is 9.70. The Kier molecular flexibility index (Phi) is 6.48. The molecule has 35 heavy (non-hydrogen) atoms. The number of epoxide rings is 1. The molecule has 1 heterocycles. The number of carbonyl (C=O) groups excluding carboxylic acids is 1. The van der Waals surface area contributed by atoms with Crippen molar-refractivity contribution in [2.75, 3.05) is 6.61 Å². The minimum absolute atomic E-state index is 0.00538. The molecule has 0 amide bonds. The first-order chi connectivity index (χ1) is 16.9. The molecule has 1 saturated heterocycles. The Morgan fingerprint density at radius 2 is 1.66 bits per heavy atom. The fourth-order valence-corrected chi connectivity index (χ4v) is 4.75. The van der Waals surface area contributed by atoms with Crippen molar-refractivity contribution in [3.05, 3.63) is 101 Å². The molecule has 3 nitrogen and oxygen atoms in total. The average molecular weight is 479 g/mol. The molecule has 0 N–H and O–H groups in total. The van der Waals surface area contributed by atoms with Gasteiger partial charge in [-0.1, -0.05) is 55.1 Å². The van der Waals surface area contributed by atoms with Crippen LogP contribution >= 0.6 is 0 Å². The normalized spacial score (nSPS) is 21.4. The van der Waals surface area contributed by atoms with Crippen molar-refractivity contribution < 1.29 is 27.4 Å². The van der Waals surface area contributed by atoms with Gasteiger partial charge in [-0.2, -0.15) is 0 Å². The predicted molar refractivity (Wildman–Crippen MR) is 127 cm³/mol. The molecule has 3 aromatic carbocycles. The quantitative estimate of drug-likeness (QED) is 0.274. The number of carbonyl (C=O) groups is 1. The average Bonchev–Trinajstić information content (AvgIpc) is 3.72. The number of halogens is 3. The second-order valence-electron chi connectivity index (χ2n) is 9.10. The number of rotatable bonds is 6. The number of esters is 1. The lowest BCUT2D eigenvalue weighted by molar-refractivity contribution is 0.0188. The van der Waals surface area contributed by atoms with Crippen LogP contribution in [0.25, 0.3) is 17.2 Å². The van der Waals surface area contributed by atoms with Gasteiger partial charge < -0.3 is 9.47 Å². The molecule has 180 valence electrons. The summed E-state index contributed by atoms with van der Waals surface area (Å²) in [4.78, 5) is 12.6. The highest BCUT2D eigenvalue weighted by Gasteiger charge is 2.30. The molecule has 1 saturated carbocycles. The molecule has 0 spiro atoms. The van der Waals surface area contributed by atoms with E-state index in [-0.39, 0.29) is 23.4 Å². The summed E-state index contributed by atoms with van der Waals surface area (Å²) >= 11 is 0. The summed E-state index contributed by atoms with van der Waals surface area (Å²) < 4.78 is 54.9. The molecule has 0 bridgehead atoms. The minimum atomic E-state index is -1.23. The first-order valence-corrected chi connectivity index (χ1v) is 11.8. The van der Waals surface area contributed by atoms with E-state index in [1.165, 1.54) is 18.2 Å². The lowest BCUT2D eigenvalue weighted by Crippen LogP contribution is -2.25. The number of ether oxygens (including phenoxy) is 2. The van der Waals surface area contributed by atoms with E-state index < -0.39 is 29.3 Å². The maximum atomic E-state index is 14.8. The van der Waals surface area contributed by atoms with E-state index in [1.54, 1.807) is 30.3 Å². The van der Waals surface area contributed by atoms with Gasteiger partial charge in [0.05, 0.1) is 12.2 Å². The lowest BCUT2D eigenvalue weighted by atomic mass is 9.82. The zero-order valence-electron chi connectivity index (χ0n) is 19.1. The molecule has 0 radical (unpaired) electrons. The highest BCUT2D eigenvalue weighted by molar-refractivity contribution is 5.90. The molecular formula is C29H25F3O3. The fourth-order valence-electron chi connectivity index (χ4n) is 4.75. The molecule has 5 rings (SSSR count). The van der Waals surface area contributed by atoms with E-state index in [0.717, 1.165) is 11.1 Å². The molecule has 1 aliphatic carbocycles. The van der Waals surface area contributed by atoms with Gasteiger partial charge >= 0.3 is 5.97 Å². The van der Waals surface area contributed by atoms with Crippen molar-refractivity contribution in [3.8, 4) is 11.1 Å². The van der Waals surface area contributed by atoms with Crippen molar-refractivity contribution in [1.82, 2.24) is 0 Å². The Morgan fingerprint density at radius 1 is 0.943 bits per heavy atom. The van der Waals surface area contributed by atoms with Crippen LogP contribution in [0.15, 0.2) is 61.2 Å².